The molecule has 0 aliphatic carbocycles. The Morgan fingerprint density at radius 2 is 1.86 bits per heavy atom. The van der Waals surface area contributed by atoms with Gasteiger partial charge >= 0.3 is 11.8 Å². The van der Waals surface area contributed by atoms with Gasteiger partial charge in [0.1, 0.15) is 11.6 Å². The Morgan fingerprint density at radius 1 is 1.21 bits per heavy atom. The van der Waals surface area contributed by atoms with Crippen molar-refractivity contribution in [3.05, 3.63) is 34.7 Å². The van der Waals surface area contributed by atoms with Gasteiger partial charge in [0.05, 0.1) is 17.6 Å². The van der Waals surface area contributed by atoms with Crippen molar-refractivity contribution in [1.29, 1.82) is 0 Å². The van der Waals surface area contributed by atoms with Crippen molar-refractivity contribution < 1.29 is 19.1 Å². The van der Waals surface area contributed by atoms with Gasteiger partial charge in [0.2, 0.25) is 5.91 Å². The highest BCUT2D eigenvalue weighted by Crippen LogP contribution is 2.28. The zero-order chi connectivity index (χ0) is 20.6. The van der Waals surface area contributed by atoms with E-state index in [-0.39, 0.29) is 19.4 Å². The van der Waals surface area contributed by atoms with E-state index in [0.29, 0.717) is 15.9 Å². The lowest BCUT2D eigenvalue weighted by molar-refractivity contribution is -0.149. The summed E-state index contributed by atoms with van der Waals surface area (Å²) in [6.45, 7) is 4.96. The third kappa shape index (κ3) is 3.31. The number of terminal acetylenes is 1. The summed E-state index contributed by atoms with van der Waals surface area (Å²) in [5, 5.41) is 0. The van der Waals surface area contributed by atoms with Crippen LogP contribution in [0.4, 0.5) is 4.79 Å². The minimum Gasteiger partial charge on any atom is -0.443 e. The van der Waals surface area contributed by atoms with E-state index in [1.54, 1.807) is 45.0 Å². The molecule has 1 atom stereocenters. The van der Waals surface area contributed by atoms with E-state index in [2.05, 4.69) is 5.92 Å². The lowest BCUT2D eigenvalue weighted by Gasteiger charge is -2.31. The number of imidazole rings is 1. The number of nitrogens with zero attached hydrogens (tertiary/aromatic N) is 3. The average molecular weight is 383 g/mol. The van der Waals surface area contributed by atoms with Crippen LogP contribution in [0.5, 0.6) is 0 Å². The van der Waals surface area contributed by atoms with Crippen LogP contribution in [0.15, 0.2) is 29.1 Å². The summed E-state index contributed by atoms with van der Waals surface area (Å²) >= 11 is 0. The SMILES string of the molecule is C#CCn1c(=O)n(C2CCC(=O)N(C(=O)OC(C)(C)C)C2=O)c2ccccc21. The van der Waals surface area contributed by atoms with Crippen molar-refractivity contribution in [2.75, 3.05) is 0 Å². The summed E-state index contributed by atoms with van der Waals surface area (Å²) in [4.78, 5) is 51.2. The molecule has 8 nitrogen and oxygen atoms in total. The maximum Gasteiger partial charge on any atom is 0.424 e. The minimum absolute atomic E-state index is 0.0436. The molecule has 146 valence electrons. The molecule has 0 bridgehead atoms. The van der Waals surface area contributed by atoms with Crippen molar-refractivity contribution >= 4 is 28.9 Å². The van der Waals surface area contributed by atoms with Gasteiger partial charge in [-0.3, -0.25) is 18.7 Å². The third-order valence-electron chi connectivity index (χ3n) is 4.39. The molecule has 3 rings (SSSR count). The van der Waals surface area contributed by atoms with Gasteiger partial charge in [-0.2, -0.15) is 4.90 Å². The molecule has 0 spiro atoms. The monoisotopic (exact) mass is 383 g/mol. The van der Waals surface area contributed by atoms with Crippen molar-refractivity contribution in [2.24, 2.45) is 0 Å². The van der Waals surface area contributed by atoms with Crippen LogP contribution in [0.1, 0.15) is 39.7 Å². The maximum absolute atomic E-state index is 13.0. The van der Waals surface area contributed by atoms with Crippen LogP contribution in [0.25, 0.3) is 11.0 Å². The fourth-order valence-corrected chi connectivity index (χ4v) is 3.28. The zero-order valence-corrected chi connectivity index (χ0v) is 16.0. The van der Waals surface area contributed by atoms with E-state index in [1.165, 1.54) is 9.13 Å². The van der Waals surface area contributed by atoms with Crippen molar-refractivity contribution in [2.45, 2.75) is 51.8 Å². The number of para-hydroxylation sites is 2. The van der Waals surface area contributed by atoms with E-state index >= 15 is 0 Å². The first-order valence-electron chi connectivity index (χ1n) is 8.88. The molecule has 1 fully saturated rings. The van der Waals surface area contributed by atoms with Crippen LogP contribution < -0.4 is 5.69 Å². The van der Waals surface area contributed by atoms with Crippen LogP contribution in [0.3, 0.4) is 0 Å². The highest BCUT2D eigenvalue weighted by atomic mass is 16.6. The Morgan fingerprint density at radius 3 is 2.46 bits per heavy atom. The smallest absolute Gasteiger partial charge is 0.424 e. The molecule has 1 aliphatic heterocycles. The average Bonchev–Trinajstić information content (AvgIpc) is 2.87. The molecule has 1 aromatic heterocycles. The fourth-order valence-electron chi connectivity index (χ4n) is 3.28. The fraction of sp³-hybridized carbons (Fsp3) is 0.400. The first kappa shape index (κ1) is 19.4. The Labute approximate surface area is 161 Å². The number of likely N-dealkylation sites (tertiary alicyclic amines) is 1. The minimum atomic E-state index is -1.03. The van der Waals surface area contributed by atoms with Gasteiger partial charge in [0, 0.05) is 6.42 Å². The number of rotatable bonds is 2. The van der Waals surface area contributed by atoms with Crippen LogP contribution in [0.2, 0.25) is 0 Å². The summed E-state index contributed by atoms with van der Waals surface area (Å²) < 4.78 is 7.88. The molecule has 1 saturated heterocycles. The van der Waals surface area contributed by atoms with Gasteiger partial charge in [-0.05, 0) is 39.3 Å². The summed E-state index contributed by atoms with van der Waals surface area (Å²) in [6.07, 6.45) is 4.39. The van der Waals surface area contributed by atoms with Gasteiger partial charge in [0.15, 0.2) is 0 Å². The number of carbonyl (C=O) groups is 3. The highest BCUT2D eigenvalue weighted by molar-refractivity contribution is 6.11. The summed E-state index contributed by atoms with van der Waals surface area (Å²) in [5.41, 5.74) is -0.237. The van der Waals surface area contributed by atoms with E-state index in [0.717, 1.165) is 0 Å². The van der Waals surface area contributed by atoms with Gasteiger partial charge in [-0.15, -0.1) is 6.42 Å². The molecule has 8 heteroatoms. The quantitative estimate of drug-likeness (QED) is 0.585. The van der Waals surface area contributed by atoms with Crippen molar-refractivity contribution in [3.63, 3.8) is 0 Å². The Hall–Kier alpha value is -3.34. The first-order chi connectivity index (χ1) is 13.2. The number of carbonyl (C=O) groups excluding carboxylic acids is 3. The second-order valence-corrected chi connectivity index (χ2v) is 7.53. The summed E-state index contributed by atoms with van der Waals surface area (Å²) in [7, 11) is 0. The van der Waals surface area contributed by atoms with Gasteiger partial charge in [-0.1, -0.05) is 18.1 Å². The molecular weight excluding hydrogens is 362 g/mol. The number of hydrogen-bond acceptors (Lipinski definition) is 5. The molecule has 0 saturated carbocycles. The van der Waals surface area contributed by atoms with E-state index in [1.807, 2.05) is 0 Å². The number of ether oxygens (including phenoxy) is 1. The predicted molar refractivity (Wildman–Crippen MR) is 101 cm³/mol. The number of benzene rings is 1. The van der Waals surface area contributed by atoms with Gasteiger partial charge in [0.25, 0.3) is 5.91 Å². The first-order valence-corrected chi connectivity index (χ1v) is 8.88. The molecule has 0 radical (unpaired) electrons. The Kier molecular flexibility index (Phi) is 4.86. The van der Waals surface area contributed by atoms with Gasteiger partial charge < -0.3 is 4.74 Å². The molecule has 3 amide bonds. The highest BCUT2D eigenvalue weighted by Gasteiger charge is 2.42. The molecule has 2 heterocycles. The number of fused-ring (bicyclic) bond motifs is 1. The number of piperidine rings is 1. The Bertz CT molecular complexity index is 1060. The second-order valence-electron chi connectivity index (χ2n) is 7.53. The number of hydrogen-bond donors (Lipinski definition) is 0. The van der Waals surface area contributed by atoms with Crippen LogP contribution >= 0.6 is 0 Å². The van der Waals surface area contributed by atoms with Crippen LogP contribution in [-0.2, 0) is 20.9 Å². The van der Waals surface area contributed by atoms with Crippen molar-refractivity contribution in [1.82, 2.24) is 14.0 Å². The molecule has 1 aliphatic rings. The third-order valence-corrected chi connectivity index (χ3v) is 4.39. The molecule has 1 aromatic carbocycles. The zero-order valence-electron chi connectivity index (χ0n) is 16.0. The van der Waals surface area contributed by atoms with Gasteiger partial charge in [-0.25, -0.2) is 9.59 Å². The van der Waals surface area contributed by atoms with E-state index < -0.39 is 35.2 Å². The standard InChI is InChI=1S/C20H21N3O5/c1-5-12-21-13-8-6-7-9-14(13)22(18(21)26)15-10-11-16(24)23(17(15)25)19(27)28-20(2,3)4/h1,6-9,15H,10-12H2,2-4H3. The normalized spacial score (nSPS) is 17.6. The second kappa shape index (κ2) is 7.00. The van der Waals surface area contributed by atoms with E-state index in [4.69, 9.17) is 11.2 Å². The number of amides is 3. The molecular formula is C20H21N3O5. The lowest BCUT2D eigenvalue weighted by Crippen LogP contribution is -2.51. The molecule has 1 unspecified atom stereocenters. The Balaban J connectivity index is 2.08. The summed E-state index contributed by atoms with van der Waals surface area (Å²) in [5.74, 6) is 1.01. The van der Waals surface area contributed by atoms with Crippen LogP contribution in [-0.4, -0.2) is 37.5 Å². The lowest BCUT2D eigenvalue weighted by atomic mass is 10.0. The van der Waals surface area contributed by atoms with E-state index in [9.17, 15) is 19.2 Å². The maximum atomic E-state index is 13.0. The largest absolute Gasteiger partial charge is 0.443 e. The van der Waals surface area contributed by atoms with Crippen molar-refractivity contribution in [3.8, 4) is 12.3 Å². The summed E-state index contributed by atoms with van der Waals surface area (Å²) in [6, 6.07) is 5.93. The number of aromatic nitrogens is 2. The molecule has 2 aromatic rings. The molecule has 0 N–H and O–H groups in total. The molecule has 28 heavy (non-hydrogen) atoms. The van der Waals surface area contributed by atoms with Crippen LogP contribution in [0, 0.1) is 12.3 Å². The topological polar surface area (TPSA) is 90.6 Å². The number of imide groups is 3. The predicted octanol–water partition coefficient (Wildman–Crippen LogP) is 2.06.